The second-order valence-electron chi connectivity index (χ2n) is 8.93. The van der Waals surface area contributed by atoms with E-state index < -0.39 is 0 Å². The molecule has 4 aromatic heterocycles. The van der Waals surface area contributed by atoms with E-state index in [4.69, 9.17) is 4.74 Å². The third-order valence-electron chi connectivity index (χ3n) is 6.77. The molecule has 1 aliphatic rings. The highest BCUT2D eigenvalue weighted by Gasteiger charge is 2.22. The van der Waals surface area contributed by atoms with Gasteiger partial charge in [-0.05, 0) is 30.7 Å². The van der Waals surface area contributed by atoms with Crippen molar-refractivity contribution in [2.75, 3.05) is 26.3 Å². The molecule has 5 aromatic rings. The van der Waals surface area contributed by atoms with Crippen molar-refractivity contribution in [3.63, 3.8) is 0 Å². The average molecular weight is 484 g/mol. The zero-order valence-corrected chi connectivity index (χ0v) is 20.1. The molecular weight excluding hydrogens is 458 g/mol. The maximum atomic E-state index is 13.7. The Balaban J connectivity index is 1.42. The van der Waals surface area contributed by atoms with Gasteiger partial charge in [0.15, 0.2) is 0 Å². The van der Waals surface area contributed by atoms with Gasteiger partial charge in [-0.25, -0.2) is 4.79 Å². The normalized spacial score (nSPS) is 14.1. The zero-order valence-electron chi connectivity index (χ0n) is 20.1. The third kappa shape index (κ3) is 3.57. The van der Waals surface area contributed by atoms with E-state index in [0.29, 0.717) is 32.0 Å². The van der Waals surface area contributed by atoms with Crippen LogP contribution in [-0.4, -0.2) is 66.0 Å². The first-order valence-corrected chi connectivity index (χ1v) is 11.8. The van der Waals surface area contributed by atoms with Crippen molar-refractivity contribution in [3.8, 4) is 16.9 Å². The molecule has 1 fully saturated rings. The molecule has 36 heavy (non-hydrogen) atoms. The number of ether oxygens (including phenoxy) is 1. The number of aryl methyl sites for hydroxylation is 2. The molecule has 5 heterocycles. The summed E-state index contributed by atoms with van der Waals surface area (Å²) in [4.78, 5) is 37.4. The van der Waals surface area contributed by atoms with E-state index in [-0.39, 0.29) is 18.1 Å². The minimum Gasteiger partial charge on any atom is -0.378 e. The Bertz CT molecular complexity index is 1660. The predicted octanol–water partition coefficient (Wildman–Crippen LogP) is 2.30. The first-order valence-electron chi connectivity index (χ1n) is 11.8. The van der Waals surface area contributed by atoms with Crippen LogP contribution in [0.15, 0.2) is 59.9 Å². The van der Waals surface area contributed by atoms with Gasteiger partial charge >= 0.3 is 5.69 Å². The summed E-state index contributed by atoms with van der Waals surface area (Å²) in [6.45, 7) is 4.04. The number of para-hydroxylation sites is 1. The van der Waals surface area contributed by atoms with Crippen LogP contribution in [0.2, 0.25) is 0 Å². The van der Waals surface area contributed by atoms with Crippen molar-refractivity contribution in [2.24, 2.45) is 7.05 Å². The van der Waals surface area contributed by atoms with E-state index in [0.717, 1.165) is 38.8 Å². The Kier molecular flexibility index (Phi) is 5.37. The van der Waals surface area contributed by atoms with Gasteiger partial charge in [-0.15, -0.1) is 0 Å². The molecular formula is C26H25N7O3. The number of hydrogen-bond donors (Lipinski definition) is 0. The number of fused-ring (bicyclic) bond motifs is 2. The molecule has 0 saturated carbocycles. The number of pyridine rings is 2. The van der Waals surface area contributed by atoms with Gasteiger partial charge in [0.05, 0.1) is 59.7 Å². The predicted molar refractivity (Wildman–Crippen MR) is 135 cm³/mol. The summed E-state index contributed by atoms with van der Waals surface area (Å²) < 4.78 is 10.3. The van der Waals surface area contributed by atoms with Crippen LogP contribution in [0.5, 0.6) is 0 Å². The van der Waals surface area contributed by atoms with E-state index in [1.807, 2.05) is 44.3 Å². The highest BCUT2D eigenvalue weighted by Crippen LogP contribution is 2.27. The maximum absolute atomic E-state index is 13.7. The molecule has 6 rings (SSSR count). The summed E-state index contributed by atoms with van der Waals surface area (Å²) in [6, 6.07) is 9.50. The summed E-state index contributed by atoms with van der Waals surface area (Å²) in [6.07, 6.45) is 7.03. The van der Waals surface area contributed by atoms with Crippen LogP contribution in [0.4, 0.5) is 0 Å². The van der Waals surface area contributed by atoms with Crippen LogP contribution >= 0.6 is 0 Å². The molecule has 0 radical (unpaired) electrons. The molecule has 182 valence electrons. The van der Waals surface area contributed by atoms with Gasteiger partial charge in [0.2, 0.25) is 5.91 Å². The van der Waals surface area contributed by atoms with Crippen LogP contribution in [0.25, 0.3) is 38.9 Å². The molecule has 1 aromatic carbocycles. The molecule has 1 aliphatic heterocycles. The van der Waals surface area contributed by atoms with Crippen molar-refractivity contribution >= 4 is 27.8 Å². The number of amides is 1. The lowest BCUT2D eigenvalue weighted by atomic mass is 10.1. The number of aromatic nitrogens is 6. The number of hydrogen-bond acceptors (Lipinski definition) is 6. The fourth-order valence-electron chi connectivity index (χ4n) is 4.85. The fraction of sp³-hybridized carbons (Fsp3) is 0.269. The first-order chi connectivity index (χ1) is 17.5. The summed E-state index contributed by atoms with van der Waals surface area (Å²) in [5.74, 6) is -0.0912. The molecule has 1 saturated heterocycles. The Morgan fingerprint density at radius 1 is 1.03 bits per heavy atom. The number of imidazole rings is 1. The highest BCUT2D eigenvalue weighted by atomic mass is 16.5. The third-order valence-corrected chi connectivity index (χ3v) is 6.77. The summed E-state index contributed by atoms with van der Waals surface area (Å²) in [7, 11) is 1.87. The van der Waals surface area contributed by atoms with Gasteiger partial charge in [0.25, 0.3) is 0 Å². The lowest BCUT2D eigenvalue weighted by Gasteiger charge is -2.26. The molecule has 0 bridgehead atoms. The number of nitrogens with zero attached hydrogens (tertiary/aromatic N) is 7. The van der Waals surface area contributed by atoms with E-state index in [1.165, 1.54) is 0 Å². The van der Waals surface area contributed by atoms with E-state index in [9.17, 15) is 9.59 Å². The van der Waals surface area contributed by atoms with Crippen LogP contribution in [0.1, 0.15) is 5.56 Å². The number of rotatable bonds is 4. The Morgan fingerprint density at radius 2 is 1.86 bits per heavy atom. The van der Waals surface area contributed by atoms with Gasteiger partial charge in [0.1, 0.15) is 6.54 Å². The number of carbonyl (C=O) groups excluding carboxylic acids is 1. The van der Waals surface area contributed by atoms with Crippen molar-refractivity contribution in [1.29, 1.82) is 0 Å². The fourth-order valence-corrected chi connectivity index (χ4v) is 4.85. The average Bonchev–Trinajstić information content (AvgIpc) is 3.43. The second kappa shape index (κ2) is 8.72. The monoisotopic (exact) mass is 483 g/mol. The highest BCUT2D eigenvalue weighted by molar-refractivity contribution is 5.92. The molecule has 10 nitrogen and oxygen atoms in total. The Hall–Kier alpha value is -4.31. The van der Waals surface area contributed by atoms with E-state index >= 15 is 0 Å². The number of carbonyl (C=O) groups is 1. The molecule has 0 spiro atoms. The summed E-state index contributed by atoms with van der Waals surface area (Å²) >= 11 is 0. The molecule has 0 aliphatic carbocycles. The van der Waals surface area contributed by atoms with Crippen LogP contribution in [0.3, 0.4) is 0 Å². The second-order valence-corrected chi connectivity index (χ2v) is 8.93. The number of morpholine rings is 1. The molecule has 0 unspecified atom stereocenters. The topological polar surface area (TPSA) is 100 Å². The van der Waals surface area contributed by atoms with Crippen LogP contribution in [-0.2, 0) is 23.1 Å². The van der Waals surface area contributed by atoms with Crippen molar-refractivity contribution in [3.05, 3.63) is 71.2 Å². The van der Waals surface area contributed by atoms with Crippen LogP contribution < -0.4 is 5.69 Å². The van der Waals surface area contributed by atoms with Gasteiger partial charge in [-0.2, -0.15) is 5.10 Å². The summed E-state index contributed by atoms with van der Waals surface area (Å²) in [5, 5.41) is 5.28. The quantitative estimate of drug-likeness (QED) is 0.389. The molecule has 0 N–H and O–H groups in total. The van der Waals surface area contributed by atoms with Crippen molar-refractivity contribution in [1.82, 2.24) is 33.8 Å². The molecule has 1 amide bonds. The summed E-state index contributed by atoms with van der Waals surface area (Å²) in [5.41, 5.74) is 5.31. The maximum Gasteiger partial charge on any atom is 0.334 e. The molecule has 10 heteroatoms. The lowest BCUT2D eigenvalue weighted by molar-refractivity contribution is -0.135. The van der Waals surface area contributed by atoms with Gasteiger partial charge in [-0.1, -0.05) is 12.1 Å². The van der Waals surface area contributed by atoms with Crippen LogP contribution in [0, 0.1) is 6.92 Å². The van der Waals surface area contributed by atoms with Crippen molar-refractivity contribution < 1.29 is 9.53 Å². The first kappa shape index (κ1) is 22.2. The largest absolute Gasteiger partial charge is 0.378 e. The Labute approximate surface area is 206 Å². The van der Waals surface area contributed by atoms with E-state index in [2.05, 4.69) is 15.1 Å². The SMILES string of the molecule is Cc1cccc2c1n(-c1ccc(-c3cncc4c3cnn4C)nc1)c(=O)n2CC(=O)N1CCOCC1. The smallest absolute Gasteiger partial charge is 0.334 e. The zero-order chi connectivity index (χ0) is 24.8. The van der Waals surface area contributed by atoms with Crippen molar-refractivity contribution in [2.45, 2.75) is 13.5 Å². The number of benzene rings is 1. The molecule has 0 atom stereocenters. The minimum atomic E-state index is -0.272. The lowest BCUT2D eigenvalue weighted by Crippen LogP contribution is -2.43. The standard InChI is InChI=1S/C26H25N7O3/c1-17-4-3-5-22-25(17)33(26(35)32(22)16-24(34)31-8-10-36-11-9-31)18-6-7-21(28-12-18)19-13-27-15-23-20(19)14-29-30(23)2/h3-7,12-15H,8-11,16H2,1-2H3. The van der Waals surface area contributed by atoms with Gasteiger partial charge in [0, 0.05) is 37.3 Å². The van der Waals surface area contributed by atoms with E-state index in [1.54, 1.807) is 43.5 Å². The van der Waals surface area contributed by atoms with Gasteiger partial charge < -0.3 is 9.64 Å². The van der Waals surface area contributed by atoms with Gasteiger partial charge in [-0.3, -0.25) is 28.6 Å². The minimum absolute atomic E-state index is 0.0219. The Morgan fingerprint density at radius 3 is 2.64 bits per heavy atom.